The van der Waals surface area contributed by atoms with Crippen LogP contribution >= 0.6 is 11.6 Å². The number of nitrogens with one attached hydrogen (secondary N) is 2. The van der Waals surface area contributed by atoms with Crippen LogP contribution in [0.5, 0.6) is 0 Å². The van der Waals surface area contributed by atoms with Gasteiger partial charge in [-0.05, 0) is 48.7 Å². The Morgan fingerprint density at radius 3 is 2.47 bits per heavy atom. The number of amides is 4. The van der Waals surface area contributed by atoms with E-state index in [9.17, 15) is 19.2 Å². The second-order valence-corrected chi connectivity index (χ2v) is 8.22. The summed E-state index contributed by atoms with van der Waals surface area (Å²) in [5.74, 6) is -1.60. The van der Waals surface area contributed by atoms with E-state index in [2.05, 4.69) is 10.6 Å². The fourth-order valence-electron chi connectivity index (χ4n) is 3.66. The zero-order valence-corrected chi connectivity index (χ0v) is 18.4. The van der Waals surface area contributed by atoms with E-state index in [0.717, 1.165) is 5.56 Å². The number of carbonyl (C=O) groups is 4. The van der Waals surface area contributed by atoms with Crippen molar-refractivity contribution >= 4 is 46.6 Å². The smallest absolute Gasteiger partial charge is 0.256 e. The molecule has 32 heavy (non-hydrogen) atoms. The van der Waals surface area contributed by atoms with E-state index in [4.69, 9.17) is 17.3 Å². The Bertz CT molecular complexity index is 1040. The van der Waals surface area contributed by atoms with Gasteiger partial charge in [0.05, 0.1) is 23.6 Å². The maximum atomic E-state index is 13.1. The molecule has 1 atom stereocenters. The van der Waals surface area contributed by atoms with Crippen LogP contribution < -0.4 is 16.4 Å². The number of rotatable bonds is 6. The highest BCUT2D eigenvalue weighted by atomic mass is 35.5. The van der Waals surface area contributed by atoms with Gasteiger partial charge in [-0.2, -0.15) is 0 Å². The van der Waals surface area contributed by atoms with Gasteiger partial charge in [-0.25, -0.2) is 0 Å². The number of piperidine rings is 1. The predicted molar refractivity (Wildman–Crippen MR) is 122 cm³/mol. The quantitative estimate of drug-likeness (QED) is 0.618. The molecule has 0 saturated carbocycles. The first-order chi connectivity index (χ1) is 15.2. The van der Waals surface area contributed by atoms with Gasteiger partial charge in [-0.1, -0.05) is 23.7 Å². The number of nitrogens with two attached hydrogens (primary N) is 1. The molecule has 0 bridgehead atoms. The molecule has 4 N–H and O–H groups in total. The van der Waals surface area contributed by atoms with Crippen LogP contribution in [-0.2, 0) is 20.8 Å². The zero-order valence-electron chi connectivity index (χ0n) is 17.7. The minimum atomic E-state index is -0.424. The van der Waals surface area contributed by atoms with Crippen molar-refractivity contribution < 1.29 is 19.2 Å². The van der Waals surface area contributed by atoms with Crippen LogP contribution in [0.15, 0.2) is 42.5 Å². The van der Waals surface area contributed by atoms with Gasteiger partial charge in [0.15, 0.2) is 0 Å². The van der Waals surface area contributed by atoms with Crippen molar-refractivity contribution in [3.05, 3.63) is 58.6 Å². The molecule has 4 amide bonds. The number of primary amides is 1. The van der Waals surface area contributed by atoms with Gasteiger partial charge in [-0.3, -0.25) is 19.2 Å². The van der Waals surface area contributed by atoms with Crippen molar-refractivity contribution in [2.75, 3.05) is 23.7 Å². The molecule has 0 radical (unpaired) electrons. The summed E-state index contributed by atoms with van der Waals surface area (Å²) in [6.45, 7) is 2.17. The topological polar surface area (TPSA) is 122 Å². The molecule has 1 aliphatic rings. The fraction of sp³-hybridized carbons (Fsp3) is 0.304. The maximum absolute atomic E-state index is 13.1. The third-order valence-corrected chi connectivity index (χ3v) is 5.47. The number of anilines is 2. The summed E-state index contributed by atoms with van der Waals surface area (Å²) >= 11 is 6.11. The molecular formula is C23H25ClN4O4. The van der Waals surface area contributed by atoms with Gasteiger partial charge < -0.3 is 21.3 Å². The summed E-state index contributed by atoms with van der Waals surface area (Å²) in [4.78, 5) is 50.0. The van der Waals surface area contributed by atoms with E-state index >= 15 is 0 Å². The number of hydrogen-bond acceptors (Lipinski definition) is 4. The minimum absolute atomic E-state index is 0.0874. The molecule has 0 aliphatic carbocycles. The van der Waals surface area contributed by atoms with Gasteiger partial charge in [0, 0.05) is 30.7 Å². The van der Waals surface area contributed by atoms with Gasteiger partial charge in [-0.15, -0.1) is 0 Å². The average Bonchev–Trinajstić information content (AvgIpc) is 2.75. The summed E-state index contributed by atoms with van der Waals surface area (Å²) in [6.07, 6.45) is 1.42. The van der Waals surface area contributed by atoms with Crippen molar-refractivity contribution in [1.29, 1.82) is 0 Å². The van der Waals surface area contributed by atoms with Crippen molar-refractivity contribution in [3.8, 4) is 0 Å². The normalized spacial score (nSPS) is 15.7. The number of likely N-dealkylation sites (tertiary alicyclic amines) is 1. The molecular weight excluding hydrogens is 432 g/mol. The van der Waals surface area contributed by atoms with Crippen LogP contribution in [0.25, 0.3) is 0 Å². The van der Waals surface area contributed by atoms with Crippen LogP contribution in [0.2, 0.25) is 5.02 Å². The van der Waals surface area contributed by atoms with E-state index in [1.807, 2.05) is 0 Å². The Morgan fingerprint density at radius 1 is 1.09 bits per heavy atom. The molecule has 8 nitrogen and oxygen atoms in total. The summed E-state index contributed by atoms with van der Waals surface area (Å²) in [7, 11) is 0. The molecule has 2 aromatic rings. The molecule has 168 valence electrons. The third-order valence-electron chi connectivity index (χ3n) is 5.24. The lowest BCUT2D eigenvalue weighted by Crippen LogP contribution is -2.44. The van der Waals surface area contributed by atoms with Crippen molar-refractivity contribution in [3.63, 3.8) is 0 Å². The minimum Gasteiger partial charge on any atom is -0.369 e. The lowest BCUT2D eigenvalue weighted by Gasteiger charge is -2.31. The number of carbonyl (C=O) groups excluding carboxylic acids is 4. The summed E-state index contributed by atoms with van der Waals surface area (Å²) < 4.78 is 0. The molecule has 0 unspecified atom stereocenters. The van der Waals surface area contributed by atoms with E-state index < -0.39 is 5.91 Å². The van der Waals surface area contributed by atoms with Crippen LogP contribution in [0.3, 0.4) is 0 Å². The van der Waals surface area contributed by atoms with Gasteiger partial charge in [0.1, 0.15) is 0 Å². The van der Waals surface area contributed by atoms with Crippen LogP contribution in [0, 0.1) is 5.92 Å². The molecule has 2 aromatic carbocycles. The number of nitrogens with zero attached hydrogens (tertiary/aromatic N) is 1. The molecule has 9 heteroatoms. The Hall–Kier alpha value is -3.39. The van der Waals surface area contributed by atoms with Crippen molar-refractivity contribution in [2.45, 2.75) is 26.2 Å². The molecule has 1 aliphatic heterocycles. The first-order valence-electron chi connectivity index (χ1n) is 10.3. The van der Waals surface area contributed by atoms with Gasteiger partial charge in [0.2, 0.25) is 17.7 Å². The number of benzene rings is 2. The van der Waals surface area contributed by atoms with Crippen LogP contribution in [0.1, 0.15) is 35.7 Å². The lowest BCUT2D eigenvalue weighted by atomic mass is 9.96. The highest BCUT2D eigenvalue weighted by Gasteiger charge is 2.29. The standard InChI is InChI=1S/C23H25ClN4O4/c1-14(29)26-18-7-4-15(5-8-18)11-21(30)27-20-9-6-17(24)12-19(20)23(32)28-10-2-3-16(13-28)22(25)31/h4-9,12,16H,2-3,10-11,13H2,1H3,(H2,25,31)(H,26,29)(H,27,30)/t16-/m1/s1. The van der Waals surface area contributed by atoms with Crippen molar-refractivity contribution in [2.24, 2.45) is 11.7 Å². The summed E-state index contributed by atoms with van der Waals surface area (Å²) in [5, 5.41) is 5.81. The number of hydrogen-bond donors (Lipinski definition) is 3. The highest BCUT2D eigenvalue weighted by Crippen LogP contribution is 2.25. The van der Waals surface area contributed by atoms with E-state index in [1.165, 1.54) is 13.0 Å². The highest BCUT2D eigenvalue weighted by molar-refractivity contribution is 6.31. The van der Waals surface area contributed by atoms with Crippen molar-refractivity contribution in [1.82, 2.24) is 4.90 Å². The van der Waals surface area contributed by atoms with Crippen LogP contribution in [0.4, 0.5) is 11.4 Å². The lowest BCUT2D eigenvalue weighted by molar-refractivity contribution is -0.123. The fourth-order valence-corrected chi connectivity index (χ4v) is 3.83. The van der Waals surface area contributed by atoms with Gasteiger partial charge in [0.25, 0.3) is 5.91 Å². The molecule has 0 aromatic heterocycles. The predicted octanol–water partition coefficient (Wildman–Crippen LogP) is 2.82. The van der Waals surface area contributed by atoms with Crippen LogP contribution in [-0.4, -0.2) is 41.6 Å². The Kier molecular flexibility index (Phi) is 7.48. The molecule has 1 saturated heterocycles. The third kappa shape index (κ3) is 6.07. The molecule has 3 rings (SSSR count). The first-order valence-corrected chi connectivity index (χ1v) is 10.6. The zero-order chi connectivity index (χ0) is 23.3. The van der Waals surface area contributed by atoms with E-state index in [-0.39, 0.29) is 42.2 Å². The first kappa shape index (κ1) is 23.3. The Morgan fingerprint density at radius 2 is 1.81 bits per heavy atom. The monoisotopic (exact) mass is 456 g/mol. The summed E-state index contributed by atoms with van der Waals surface area (Å²) in [5.41, 5.74) is 7.42. The SMILES string of the molecule is CC(=O)Nc1ccc(CC(=O)Nc2ccc(Cl)cc2C(=O)N2CCC[C@@H](C(N)=O)C2)cc1. The summed E-state index contributed by atoms with van der Waals surface area (Å²) in [6, 6.07) is 11.6. The Balaban J connectivity index is 1.71. The molecule has 1 fully saturated rings. The van der Waals surface area contributed by atoms with Gasteiger partial charge >= 0.3 is 0 Å². The second-order valence-electron chi connectivity index (χ2n) is 7.79. The maximum Gasteiger partial charge on any atom is 0.256 e. The second kappa shape index (κ2) is 10.3. The molecule has 1 heterocycles. The van der Waals surface area contributed by atoms with E-state index in [1.54, 1.807) is 41.3 Å². The largest absolute Gasteiger partial charge is 0.369 e. The van der Waals surface area contributed by atoms with E-state index in [0.29, 0.717) is 35.8 Å². The number of halogens is 1. The average molecular weight is 457 g/mol. The molecule has 0 spiro atoms. The Labute approximate surface area is 191 Å².